The molecule has 0 aromatic carbocycles. The van der Waals surface area contributed by atoms with Crippen molar-refractivity contribution in [3.05, 3.63) is 0 Å². The maximum atomic E-state index is 13.3. The van der Waals surface area contributed by atoms with Crippen molar-refractivity contribution < 1.29 is 23.5 Å². The van der Waals surface area contributed by atoms with E-state index in [0.717, 1.165) is 51.6 Å². The zero-order chi connectivity index (χ0) is 24.6. The van der Waals surface area contributed by atoms with Crippen LogP contribution >= 0.6 is 0 Å². The molecule has 0 spiro atoms. The molecule has 0 aromatic heterocycles. The van der Waals surface area contributed by atoms with Crippen LogP contribution in [0.25, 0.3) is 0 Å². The van der Waals surface area contributed by atoms with Gasteiger partial charge in [-0.3, -0.25) is 0 Å². The van der Waals surface area contributed by atoms with Gasteiger partial charge in [0, 0.05) is 10.8 Å². The summed E-state index contributed by atoms with van der Waals surface area (Å²) in [6.45, 7) is 16.4. The van der Waals surface area contributed by atoms with Gasteiger partial charge in [0.15, 0.2) is 13.1 Å². The normalized spacial score (nSPS) is 43.1. The predicted molar refractivity (Wildman–Crippen MR) is 132 cm³/mol. The second kappa shape index (κ2) is 7.95. The van der Waals surface area contributed by atoms with Crippen LogP contribution in [-0.4, -0.2) is 54.8 Å². The summed E-state index contributed by atoms with van der Waals surface area (Å²) in [4.78, 5) is 26.6. The first-order chi connectivity index (χ1) is 15.8. The lowest BCUT2D eigenvalue weighted by atomic mass is 9.70. The van der Waals surface area contributed by atoms with Crippen molar-refractivity contribution in [2.24, 2.45) is 33.5 Å². The lowest BCUT2D eigenvalue weighted by Gasteiger charge is -2.42. The molecule has 192 valence electrons. The number of hydrogen-bond donors (Lipinski definition) is 0. The third-order valence-electron chi connectivity index (χ3n) is 12.7. The Kier molecular flexibility index (Phi) is 5.75. The molecule has 5 aliphatic rings. The molecule has 0 unspecified atom stereocenters. The number of rotatable bonds is 6. The molecule has 4 aliphatic carbocycles. The molecule has 1 aliphatic heterocycles. The summed E-state index contributed by atoms with van der Waals surface area (Å²) < 4.78 is 12.9. The molecular formula is C29H48NO4+. The number of carbonyl (C=O) groups excluding carboxylic acids is 2. The number of ether oxygens (including phenoxy) is 2. The van der Waals surface area contributed by atoms with Crippen LogP contribution in [0.15, 0.2) is 0 Å². The highest BCUT2D eigenvalue weighted by atomic mass is 16.6. The van der Waals surface area contributed by atoms with E-state index in [1.54, 1.807) is 0 Å². The second-order valence-corrected chi connectivity index (χ2v) is 14.3. The molecule has 6 atom stereocenters. The molecular weight excluding hydrogens is 426 g/mol. The van der Waals surface area contributed by atoms with E-state index in [2.05, 4.69) is 41.5 Å². The zero-order valence-corrected chi connectivity index (χ0v) is 22.6. The van der Waals surface area contributed by atoms with E-state index in [9.17, 15) is 9.59 Å². The molecule has 0 radical (unpaired) electrons. The topological polar surface area (TPSA) is 52.6 Å². The van der Waals surface area contributed by atoms with Crippen LogP contribution in [0.4, 0.5) is 0 Å². The van der Waals surface area contributed by atoms with Gasteiger partial charge in [-0.2, -0.15) is 0 Å². The first-order valence-electron chi connectivity index (χ1n) is 14.1. The van der Waals surface area contributed by atoms with Crippen LogP contribution < -0.4 is 0 Å². The number of fused-ring (bicyclic) bond motifs is 4. The lowest BCUT2D eigenvalue weighted by Crippen LogP contribution is -2.58. The SMILES string of the molecule is CC1(C)[C@@H]2CC[C@@]1(C)[C@@H](OC(=O)C[N+]1(CC(=O)O[C@H]3C[C@H]4CC[C@]3(C)C4(C)C)CCCCC1)C2. The average Bonchev–Trinajstić information content (AvgIpc) is 3.26. The van der Waals surface area contributed by atoms with Gasteiger partial charge in [-0.05, 0) is 80.5 Å². The van der Waals surface area contributed by atoms with Crippen molar-refractivity contribution in [3.63, 3.8) is 0 Å². The van der Waals surface area contributed by atoms with E-state index in [4.69, 9.17) is 9.47 Å². The number of hydrogen-bond acceptors (Lipinski definition) is 4. The van der Waals surface area contributed by atoms with Gasteiger partial charge in [-0.1, -0.05) is 41.5 Å². The summed E-state index contributed by atoms with van der Waals surface area (Å²) in [5, 5.41) is 0. The highest BCUT2D eigenvalue weighted by Gasteiger charge is 2.64. The summed E-state index contributed by atoms with van der Waals surface area (Å²) in [5.41, 5.74) is 0.597. The van der Waals surface area contributed by atoms with E-state index in [1.807, 2.05) is 0 Å². The summed E-state index contributed by atoms with van der Waals surface area (Å²) >= 11 is 0. The van der Waals surface area contributed by atoms with Crippen molar-refractivity contribution in [3.8, 4) is 0 Å². The zero-order valence-electron chi connectivity index (χ0n) is 22.6. The number of likely N-dealkylation sites (tertiary alicyclic amines) is 1. The fourth-order valence-corrected chi connectivity index (χ4v) is 9.11. The molecule has 4 bridgehead atoms. The summed E-state index contributed by atoms with van der Waals surface area (Å²) in [6.07, 6.45) is 10.1. The first kappa shape index (κ1) is 24.6. The molecule has 0 N–H and O–H groups in total. The van der Waals surface area contributed by atoms with Crippen LogP contribution in [0.5, 0.6) is 0 Å². The van der Waals surface area contributed by atoms with E-state index >= 15 is 0 Å². The standard InChI is InChI=1S/C29H48NO4/c1-26(2)20-10-12-28(26,5)22(16-20)33-24(31)18-30(14-8-7-9-15-30)19-25(32)34-23-17-21-11-13-29(23,6)27(21,3)4/h20-23H,7-19H2,1-6H3/q+1/t20-,21-,22+,23+,28+,29+/m1/s1. The predicted octanol–water partition coefficient (Wildman–Crippen LogP) is 5.50. The number of esters is 2. The number of carbonyl (C=O) groups is 2. The van der Waals surface area contributed by atoms with Crippen molar-refractivity contribution >= 4 is 11.9 Å². The van der Waals surface area contributed by atoms with Crippen molar-refractivity contribution in [1.82, 2.24) is 0 Å². The number of nitrogens with zero attached hydrogens (tertiary/aromatic N) is 1. The number of piperidine rings is 1. The lowest BCUT2D eigenvalue weighted by molar-refractivity contribution is -0.919. The minimum absolute atomic E-state index is 0.0155. The largest absolute Gasteiger partial charge is 0.458 e. The van der Waals surface area contributed by atoms with Crippen LogP contribution in [-0.2, 0) is 19.1 Å². The number of quaternary nitrogens is 1. The molecule has 0 amide bonds. The second-order valence-electron chi connectivity index (χ2n) is 14.3. The molecule has 5 heteroatoms. The molecule has 1 heterocycles. The highest BCUT2D eigenvalue weighted by molar-refractivity contribution is 5.73. The average molecular weight is 475 g/mol. The van der Waals surface area contributed by atoms with Gasteiger partial charge in [0.1, 0.15) is 12.2 Å². The van der Waals surface area contributed by atoms with Crippen molar-refractivity contribution in [2.45, 2.75) is 112 Å². The van der Waals surface area contributed by atoms with Crippen LogP contribution in [0.1, 0.15) is 99.3 Å². The van der Waals surface area contributed by atoms with Gasteiger partial charge >= 0.3 is 11.9 Å². The molecule has 5 fully saturated rings. The first-order valence-corrected chi connectivity index (χ1v) is 14.1. The monoisotopic (exact) mass is 474 g/mol. The van der Waals surface area contributed by atoms with E-state index in [0.29, 0.717) is 29.4 Å². The Labute approximate surface area is 206 Å². The van der Waals surface area contributed by atoms with E-state index in [-0.39, 0.29) is 45.8 Å². The van der Waals surface area contributed by atoms with Gasteiger partial charge in [-0.15, -0.1) is 0 Å². The van der Waals surface area contributed by atoms with Crippen molar-refractivity contribution in [2.75, 3.05) is 26.2 Å². The Bertz CT molecular complexity index is 781. The Morgan fingerprint density at radius 1 is 0.706 bits per heavy atom. The smallest absolute Gasteiger partial charge is 0.362 e. The third-order valence-corrected chi connectivity index (χ3v) is 12.7. The van der Waals surface area contributed by atoms with E-state index < -0.39 is 0 Å². The quantitative estimate of drug-likeness (QED) is 0.377. The molecule has 1 saturated heterocycles. The van der Waals surface area contributed by atoms with E-state index in [1.165, 1.54) is 19.3 Å². The third kappa shape index (κ3) is 3.50. The Balaban J connectivity index is 1.23. The molecule has 34 heavy (non-hydrogen) atoms. The minimum Gasteiger partial charge on any atom is -0.458 e. The molecule has 5 rings (SSSR count). The van der Waals surface area contributed by atoms with Crippen LogP contribution in [0, 0.1) is 33.5 Å². The van der Waals surface area contributed by atoms with Gasteiger partial charge < -0.3 is 14.0 Å². The van der Waals surface area contributed by atoms with Crippen LogP contribution in [0.3, 0.4) is 0 Å². The van der Waals surface area contributed by atoms with Gasteiger partial charge in [0.2, 0.25) is 0 Å². The highest BCUT2D eigenvalue weighted by Crippen LogP contribution is 2.67. The van der Waals surface area contributed by atoms with Crippen LogP contribution in [0.2, 0.25) is 0 Å². The summed E-state index contributed by atoms with van der Waals surface area (Å²) in [7, 11) is 0. The molecule has 5 nitrogen and oxygen atoms in total. The minimum atomic E-state index is -0.114. The van der Waals surface area contributed by atoms with Gasteiger partial charge in [0.05, 0.1) is 13.1 Å². The van der Waals surface area contributed by atoms with Gasteiger partial charge in [-0.25, -0.2) is 9.59 Å². The van der Waals surface area contributed by atoms with Crippen molar-refractivity contribution in [1.29, 1.82) is 0 Å². The maximum absolute atomic E-state index is 13.3. The fourth-order valence-electron chi connectivity index (χ4n) is 9.11. The maximum Gasteiger partial charge on any atom is 0.362 e. The fraction of sp³-hybridized carbons (Fsp3) is 0.931. The molecule has 0 aromatic rings. The summed E-state index contributed by atoms with van der Waals surface area (Å²) in [6, 6.07) is 0. The Morgan fingerprint density at radius 2 is 1.12 bits per heavy atom. The Hall–Kier alpha value is -1.10. The Morgan fingerprint density at radius 3 is 1.44 bits per heavy atom. The molecule has 4 saturated carbocycles. The van der Waals surface area contributed by atoms with Gasteiger partial charge in [0.25, 0.3) is 0 Å². The summed E-state index contributed by atoms with van der Waals surface area (Å²) in [5.74, 6) is 1.07.